The van der Waals surface area contributed by atoms with Crippen molar-refractivity contribution in [3.8, 4) is 0 Å². The Morgan fingerprint density at radius 1 is 1.35 bits per heavy atom. The zero-order valence-electron chi connectivity index (χ0n) is 17.8. The van der Waals surface area contributed by atoms with Crippen LogP contribution in [0.25, 0.3) is 5.65 Å². The Bertz CT molecular complexity index is 1250. The van der Waals surface area contributed by atoms with Crippen LogP contribution >= 0.6 is 11.3 Å². The largest absolute Gasteiger partial charge is 0.338 e. The molecule has 5 rings (SSSR count). The summed E-state index contributed by atoms with van der Waals surface area (Å²) in [6.07, 6.45) is 6.51. The van der Waals surface area contributed by atoms with Crippen LogP contribution in [-0.2, 0) is 24.9 Å². The number of fused-ring (bicyclic) bond motifs is 2. The highest BCUT2D eigenvalue weighted by Gasteiger charge is 2.25. The number of amides is 1. The average Bonchev–Trinajstić information content (AvgIpc) is 3.46. The van der Waals surface area contributed by atoms with Gasteiger partial charge in [-0.3, -0.25) is 15.0 Å². The molecule has 9 heteroatoms. The van der Waals surface area contributed by atoms with Gasteiger partial charge in [0.15, 0.2) is 5.65 Å². The molecule has 0 atom stereocenters. The number of rotatable bonds is 4. The van der Waals surface area contributed by atoms with Crippen molar-refractivity contribution in [3.05, 3.63) is 63.4 Å². The predicted molar refractivity (Wildman–Crippen MR) is 118 cm³/mol. The number of anilines is 1. The first kappa shape index (κ1) is 19.9. The monoisotopic (exact) mass is 436 g/mol. The molecule has 0 unspecified atom stereocenters. The summed E-state index contributed by atoms with van der Waals surface area (Å²) in [5.74, 6) is 0.240. The van der Waals surface area contributed by atoms with E-state index in [9.17, 15) is 4.79 Å². The van der Waals surface area contributed by atoms with Crippen LogP contribution in [0, 0.1) is 0 Å². The first-order valence-corrected chi connectivity index (χ1v) is 11.1. The molecule has 0 saturated carbocycles. The van der Waals surface area contributed by atoms with E-state index in [-0.39, 0.29) is 11.3 Å². The Morgan fingerprint density at radius 2 is 2.23 bits per heavy atom. The minimum Gasteiger partial charge on any atom is -0.338 e. The topological polar surface area (TPSA) is 88.6 Å². The number of nitrogens with zero attached hydrogens (tertiary/aromatic N) is 5. The lowest BCUT2D eigenvalue weighted by Crippen LogP contribution is -2.30. The van der Waals surface area contributed by atoms with Gasteiger partial charge in [0.05, 0.1) is 17.5 Å². The maximum atomic E-state index is 12.9. The summed E-state index contributed by atoms with van der Waals surface area (Å²) < 4.78 is 7.11. The van der Waals surface area contributed by atoms with Gasteiger partial charge in [-0.05, 0) is 12.0 Å². The van der Waals surface area contributed by atoms with Crippen LogP contribution in [0.2, 0.25) is 0 Å². The molecular weight excluding hydrogens is 412 g/mol. The second-order valence-electron chi connectivity index (χ2n) is 8.89. The number of nitrogens with one attached hydrogen (secondary N) is 1. The molecule has 160 valence electrons. The first-order valence-electron chi connectivity index (χ1n) is 10.3. The maximum Gasteiger partial charge on any atom is 0.259 e. The molecule has 4 aromatic heterocycles. The zero-order valence-corrected chi connectivity index (χ0v) is 18.6. The van der Waals surface area contributed by atoms with Crippen LogP contribution in [-0.4, -0.2) is 37.1 Å². The fourth-order valence-corrected chi connectivity index (χ4v) is 4.88. The van der Waals surface area contributed by atoms with Crippen molar-refractivity contribution in [1.29, 1.82) is 0 Å². The van der Waals surface area contributed by atoms with E-state index in [2.05, 4.69) is 46.2 Å². The van der Waals surface area contributed by atoms with Gasteiger partial charge in [-0.25, -0.2) is 9.50 Å². The van der Waals surface area contributed by atoms with E-state index in [1.54, 1.807) is 28.1 Å². The van der Waals surface area contributed by atoms with Crippen LogP contribution < -0.4 is 5.32 Å². The summed E-state index contributed by atoms with van der Waals surface area (Å²) in [5.41, 5.74) is 4.51. The minimum absolute atomic E-state index is 0.130. The molecular formula is C22H24N6O2S. The van der Waals surface area contributed by atoms with Gasteiger partial charge in [-0.15, -0.1) is 11.3 Å². The number of carbonyl (C=O) groups is 1. The lowest BCUT2D eigenvalue weighted by Gasteiger charge is -2.27. The Morgan fingerprint density at radius 3 is 3.03 bits per heavy atom. The summed E-state index contributed by atoms with van der Waals surface area (Å²) in [7, 11) is 0. The molecule has 8 nitrogen and oxygen atoms in total. The number of hydrogen-bond donors (Lipinski definition) is 1. The van der Waals surface area contributed by atoms with E-state index in [0.717, 1.165) is 54.1 Å². The van der Waals surface area contributed by atoms with Gasteiger partial charge in [0.1, 0.15) is 0 Å². The van der Waals surface area contributed by atoms with E-state index in [0.29, 0.717) is 5.88 Å². The van der Waals surface area contributed by atoms with Crippen LogP contribution in [0.1, 0.15) is 52.8 Å². The van der Waals surface area contributed by atoms with E-state index in [1.165, 1.54) is 4.88 Å². The normalized spacial score (nSPS) is 14.7. The summed E-state index contributed by atoms with van der Waals surface area (Å²) in [6.45, 7) is 8.68. The Kier molecular flexibility index (Phi) is 4.86. The second kappa shape index (κ2) is 7.58. The van der Waals surface area contributed by atoms with Crippen molar-refractivity contribution < 1.29 is 9.32 Å². The van der Waals surface area contributed by atoms with Crippen LogP contribution in [0.3, 0.4) is 0 Å². The van der Waals surface area contributed by atoms with Crippen molar-refractivity contribution in [2.45, 2.75) is 45.7 Å². The Balaban J connectivity index is 1.27. The molecule has 4 aromatic rings. The molecule has 0 aromatic carbocycles. The lowest BCUT2D eigenvalue weighted by molar-refractivity contribution is 0.102. The molecule has 1 aliphatic rings. The quantitative estimate of drug-likeness (QED) is 0.522. The molecule has 31 heavy (non-hydrogen) atoms. The van der Waals surface area contributed by atoms with Crippen molar-refractivity contribution >= 4 is 28.8 Å². The summed E-state index contributed by atoms with van der Waals surface area (Å²) in [6, 6.07) is 3.68. The van der Waals surface area contributed by atoms with Crippen LogP contribution in [0.15, 0.2) is 40.6 Å². The molecule has 0 bridgehead atoms. The van der Waals surface area contributed by atoms with Crippen LogP contribution in [0.5, 0.6) is 0 Å². The molecule has 0 saturated heterocycles. The smallest absolute Gasteiger partial charge is 0.259 e. The zero-order chi connectivity index (χ0) is 21.6. The van der Waals surface area contributed by atoms with E-state index in [4.69, 9.17) is 4.52 Å². The van der Waals surface area contributed by atoms with Crippen LogP contribution in [0.4, 0.5) is 5.88 Å². The molecule has 0 spiro atoms. The second-order valence-corrected chi connectivity index (χ2v) is 9.85. The van der Waals surface area contributed by atoms with Gasteiger partial charge >= 0.3 is 0 Å². The SMILES string of the molecule is CC(C)(C)c1cc(NC(=O)c2csc3c2CCN(Cc2cnc4ccnn4c2)C3)on1. The van der Waals surface area contributed by atoms with Gasteiger partial charge in [0.25, 0.3) is 5.91 Å². The molecule has 5 heterocycles. The highest BCUT2D eigenvalue weighted by Crippen LogP contribution is 2.30. The highest BCUT2D eigenvalue weighted by atomic mass is 32.1. The van der Waals surface area contributed by atoms with Gasteiger partial charge in [-0.1, -0.05) is 25.9 Å². The fourth-order valence-electron chi connectivity index (χ4n) is 3.76. The molecule has 0 fully saturated rings. The van der Waals surface area contributed by atoms with Gasteiger partial charge in [0, 0.05) is 65.4 Å². The van der Waals surface area contributed by atoms with Crippen molar-refractivity contribution in [1.82, 2.24) is 24.7 Å². The molecule has 1 N–H and O–H groups in total. The first-order chi connectivity index (χ1) is 14.9. The summed E-state index contributed by atoms with van der Waals surface area (Å²) in [4.78, 5) is 20.9. The number of hydrogen-bond acceptors (Lipinski definition) is 7. The molecule has 0 radical (unpaired) electrons. The van der Waals surface area contributed by atoms with Gasteiger partial charge < -0.3 is 4.52 Å². The molecule has 0 aliphatic carbocycles. The van der Waals surface area contributed by atoms with E-state index in [1.807, 2.05) is 23.8 Å². The fraction of sp³-hybridized carbons (Fsp3) is 0.364. The third-order valence-corrected chi connectivity index (χ3v) is 6.51. The maximum absolute atomic E-state index is 12.9. The third-order valence-electron chi connectivity index (χ3n) is 5.49. The standard InChI is InChI=1S/C22H24N6O2S/c1-22(2,3)18-8-20(30-26-18)25-21(29)16-13-31-17-12-27(7-5-15(16)17)10-14-9-23-19-4-6-24-28(19)11-14/h4,6,8-9,11,13H,5,7,10,12H2,1-3H3,(H,25,29). The Hall–Kier alpha value is -3.04. The van der Waals surface area contributed by atoms with Crippen molar-refractivity contribution in [2.75, 3.05) is 11.9 Å². The predicted octanol–water partition coefficient (Wildman–Crippen LogP) is 3.89. The molecule has 1 aliphatic heterocycles. The average molecular weight is 437 g/mol. The Labute approximate surface area is 183 Å². The number of thiophene rings is 1. The van der Waals surface area contributed by atoms with E-state index >= 15 is 0 Å². The van der Waals surface area contributed by atoms with Crippen molar-refractivity contribution in [3.63, 3.8) is 0 Å². The number of carbonyl (C=O) groups excluding carboxylic acids is 1. The van der Waals surface area contributed by atoms with Crippen molar-refractivity contribution in [2.24, 2.45) is 0 Å². The van der Waals surface area contributed by atoms with Gasteiger partial charge in [0.2, 0.25) is 5.88 Å². The highest BCUT2D eigenvalue weighted by molar-refractivity contribution is 7.10. The lowest BCUT2D eigenvalue weighted by atomic mass is 9.92. The minimum atomic E-state index is -0.143. The molecule has 1 amide bonds. The summed E-state index contributed by atoms with van der Waals surface area (Å²) in [5, 5.41) is 13.1. The van der Waals surface area contributed by atoms with Gasteiger partial charge in [-0.2, -0.15) is 5.10 Å². The van der Waals surface area contributed by atoms with E-state index < -0.39 is 0 Å². The third kappa shape index (κ3) is 3.98. The number of aromatic nitrogens is 4. The summed E-state index contributed by atoms with van der Waals surface area (Å²) >= 11 is 1.64.